The van der Waals surface area contributed by atoms with E-state index in [0.717, 1.165) is 30.7 Å². The molecule has 1 aromatic carbocycles. The number of hydrogen-bond donors (Lipinski definition) is 1. The van der Waals surface area contributed by atoms with Gasteiger partial charge in [0.15, 0.2) is 11.5 Å². The third-order valence-corrected chi connectivity index (χ3v) is 4.22. The van der Waals surface area contributed by atoms with Crippen LogP contribution in [0.5, 0.6) is 11.5 Å². The fourth-order valence-corrected chi connectivity index (χ4v) is 3.21. The maximum atomic E-state index is 11.6. The predicted octanol–water partition coefficient (Wildman–Crippen LogP) is 1.93. The van der Waals surface area contributed by atoms with Gasteiger partial charge in [0.05, 0.1) is 19.0 Å². The Labute approximate surface area is 126 Å². The molecule has 1 unspecified atom stereocenters. The number of ether oxygens (including phenoxy) is 2. The Hall–Kier alpha value is -1.27. The van der Waals surface area contributed by atoms with Gasteiger partial charge in [-0.25, -0.2) is 8.42 Å². The van der Waals surface area contributed by atoms with Gasteiger partial charge in [0.1, 0.15) is 9.84 Å². The van der Waals surface area contributed by atoms with E-state index in [2.05, 4.69) is 12.2 Å². The third kappa shape index (κ3) is 4.89. The molecule has 2 rings (SSSR count). The lowest BCUT2D eigenvalue weighted by atomic mass is 10.1. The number of rotatable bonds is 6. The molecule has 1 N–H and O–H groups in total. The number of benzene rings is 1. The van der Waals surface area contributed by atoms with Crippen LogP contribution in [-0.2, 0) is 9.84 Å². The molecule has 1 aromatic rings. The summed E-state index contributed by atoms with van der Waals surface area (Å²) in [6.45, 7) is 4.09. The zero-order valence-corrected chi connectivity index (χ0v) is 13.4. The topological polar surface area (TPSA) is 64.6 Å². The highest BCUT2D eigenvalue weighted by Crippen LogP contribution is 2.32. The zero-order valence-electron chi connectivity index (χ0n) is 12.6. The fraction of sp³-hybridized carbons (Fsp3) is 0.600. The van der Waals surface area contributed by atoms with Crippen molar-refractivity contribution in [2.75, 3.05) is 31.8 Å². The van der Waals surface area contributed by atoms with Gasteiger partial charge >= 0.3 is 0 Å². The standard InChI is InChI=1S/C15H23NO4S/c1-3-7-16-13(11-21(2,17)18)12-5-6-14-15(10-12)20-9-4-8-19-14/h5-6,10,13,16H,3-4,7-9,11H2,1-2H3. The lowest BCUT2D eigenvalue weighted by Crippen LogP contribution is -2.28. The van der Waals surface area contributed by atoms with Gasteiger partial charge in [0.25, 0.3) is 0 Å². The molecule has 21 heavy (non-hydrogen) atoms. The van der Waals surface area contributed by atoms with Crippen molar-refractivity contribution in [3.8, 4) is 11.5 Å². The van der Waals surface area contributed by atoms with Crippen molar-refractivity contribution in [3.63, 3.8) is 0 Å². The van der Waals surface area contributed by atoms with E-state index in [9.17, 15) is 8.42 Å². The number of hydrogen-bond acceptors (Lipinski definition) is 5. The Kier molecular flexibility index (Phi) is 5.47. The molecule has 0 saturated carbocycles. The first-order chi connectivity index (χ1) is 9.99. The highest BCUT2D eigenvalue weighted by Gasteiger charge is 2.19. The Morgan fingerprint density at radius 1 is 1.24 bits per heavy atom. The van der Waals surface area contributed by atoms with Gasteiger partial charge in [-0.2, -0.15) is 0 Å². The van der Waals surface area contributed by atoms with Crippen LogP contribution < -0.4 is 14.8 Å². The molecule has 1 aliphatic heterocycles. The largest absolute Gasteiger partial charge is 0.490 e. The fourth-order valence-electron chi connectivity index (χ4n) is 2.29. The van der Waals surface area contributed by atoms with Crippen molar-refractivity contribution in [2.45, 2.75) is 25.8 Å². The summed E-state index contributed by atoms with van der Waals surface area (Å²) in [5.41, 5.74) is 0.915. The molecule has 1 aliphatic rings. The Morgan fingerprint density at radius 3 is 2.62 bits per heavy atom. The smallest absolute Gasteiger partial charge is 0.161 e. The van der Waals surface area contributed by atoms with Crippen LogP contribution in [0.4, 0.5) is 0 Å². The molecule has 1 atom stereocenters. The minimum atomic E-state index is -3.06. The van der Waals surface area contributed by atoms with Gasteiger partial charge < -0.3 is 14.8 Å². The number of nitrogens with one attached hydrogen (secondary N) is 1. The van der Waals surface area contributed by atoms with E-state index < -0.39 is 9.84 Å². The molecule has 6 heteroatoms. The molecule has 0 amide bonds. The van der Waals surface area contributed by atoms with Gasteiger partial charge in [-0.1, -0.05) is 13.0 Å². The summed E-state index contributed by atoms with van der Waals surface area (Å²) in [6.07, 6.45) is 3.06. The molecule has 0 spiro atoms. The SMILES string of the molecule is CCCNC(CS(C)(=O)=O)c1ccc2c(c1)OCCCO2. The van der Waals surface area contributed by atoms with Crippen molar-refractivity contribution in [2.24, 2.45) is 0 Å². The van der Waals surface area contributed by atoms with Crippen LogP contribution in [0.25, 0.3) is 0 Å². The van der Waals surface area contributed by atoms with E-state index in [1.807, 2.05) is 18.2 Å². The van der Waals surface area contributed by atoms with E-state index >= 15 is 0 Å². The summed E-state index contributed by atoms with van der Waals surface area (Å²) in [5.74, 6) is 1.50. The molecule has 0 fully saturated rings. The predicted molar refractivity (Wildman–Crippen MR) is 82.8 cm³/mol. The molecule has 0 radical (unpaired) electrons. The molecule has 0 bridgehead atoms. The second-order valence-corrected chi connectivity index (χ2v) is 7.54. The Balaban J connectivity index is 2.24. The normalized spacial score (nSPS) is 16.3. The average Bonchev–Trinajstić information content (AvgIpc) is 2.66. The summed E-state index contributed by atoms with van der Waals surface area (Å²) in [6, 6.07) is 5.43. The number of sulfone groups is 1. The zero-order chi connectivity index (χ0) is 15.3. The molecule has 0 aliphatic carbocycles. The first-order valence-corrected chi connectivity index (χ1v) is 9.36. The first kappa shape index (κ1) is 16.1. The van der Waals surface area contributed by atoms with Crippen LogP contribution >= 0.6 is 0 Å². The number of fused-ring (bicyclic) bond motifs is 1. The van der Waals surface area contributed by atoms with E-state index in [4.69, 9.17) is 9.47 Å². The second kappa shape index (κ2) is 7.13. The second-order valence-electron chi connectivity index (χ2n) is 5.36. The Morgan fingerprint density at radius 2 is 1.95 bits per heavy atom. The maximum absolute atomic E-state index is 11.6. The van der Waals surface area contributed by atoms with E-state index in [1.165, 1.54) is 6.26 Å². The quantitative estimate of drug-likeness (QED) is 0.869. The molecule has 1 heterocycles. The molecular formula is C15H23NO4S. The van der Waals surface area contributed by atoms with Crippen LogP contribution in [0.3, 0.4) is 0 Å². The third-order valence-electron chi connectivity index (χ3n) is 3.28. The minimum Gasteiger partial charge on any atom is -0.490 e. The van der Waals surface area contributed by atoms with Gasteiger partial charge in [0.2, 0.25) is 0 Å². The van der Waals surface area contributed by atoms with Crippen molar-refractivity contribution in [1.29, 1.82) is 0 Å². The average molecular weight is 313 g/mol. The highest BCUT2D eigenvalue weighted by atomic mass is 32.2. The van der Waals surface area contributed by atoms with Gasteiger partial charge in [-0.15, -0.1) is 0 Å². The minimum absolute atomic E-state index is 0.0760. The van der Waals surface area contributed by atoms with Crippen molar-refractivity contribution in [3.05, 3.63) is 23.8 Å². The van der Waals surface area contributed by atoms with Crippen LogP contribution in [0.2, 0.25) is 0 Å². The summed E-state index contributed by atoms with van der Waals surface area (Å²) < 4.78 is 34.5. The van der Waals surface area contributed by atoms with Crippen LogP contribution in [-0.4, -0.2) is 40.2 Å². The summed E-state index contributed by atoms with van der Waals surface area (Å²) in [7, 11) is -3.06. The highest BCUT2D eigenvalue weighted by molar-refractivity contribution is 7.90. The van der Waals surface area contributed by atoms with Gasteiger partial charge in [0, 0.05) is 18.7 Å². The molecule has 118 valence electrons. The molecule has 5 nitrogen and oxygen atoms in total. The van der Waals surface area contributed by atoms with Crippen LogP contribution in [0, 0.1) is 0 Å². The van der Waals surface area contributed by atoms with Crippen LogP contribution in [0.15, 0.2) is 18.2 Å². The molecular weight excluding hydrogens is 290 g/mol. The summed E-state index contributed by atoms with van der Waals surface area (Å²) >= 11 is 0. The Bertz CT molecular complexity index is 571. The van der Waals surface area contributed by atoms with Gasteiger partial charge in [-0.05, 0) is 30.7 Å². The lowest BCUT2D eigenvalue weighted by molar-refractivity contribution is 0.297. The van der Waals surface area contributed by atoms with E-state index in [-0.39, 0.29) is 11.8 Å². The lowest BCUT2D eigenvalue weighted by Gasteiger charge is -2.19. The van der Waals surface area contributed by atoms with E-state index in [1.54, 1.807) is 0 Å². The van der Waals surface area contributed by atoms with E-state index in [0.29, 0.717) is 19.0 Å². The maximum Gasteiger partial charge on any atom is 0.161 e. The summed E-state index contributed by atoms with van der Waals surface area (Å²) in [4.78, 5) is 0. The van der Waals surface area contributed by atoms with Crippen molar-refractivity contribution >= 4 is 9.84 Å². The molecule has 0 saturated heterocycles. The van der Waals surface area contributed by atoms with Crippen molar-refractivity contribution < 1.29 is 17.9 Å². The monoisotopic (exact) mass is 313 g/mol. The van der Waals surface area contributed by atoms with Crippen LogP contribution in [0.1, 0.15) is 31.4 Å². The summed E-state index contributed by atoms with van der Waals surface area (Å²) in [5, 5.41) is 3.29. The first-order valence-electron chi connectivity index (χ1n) is 7.30. The van der Waals surface area contributed by atoms with Crippen molar-refractivity contribution in [1.82, 2.24) is 5.32 Å². The van der Waals surface area contributed by atoms with Gasteiger partial charge in [-0.3, -0.25) is 0 Å². The molecule has 0 aromatic heterocycles.